The molecule has 1 aromatic carbocycles. The molecule has 0 nitrogen and oxygen atoms in total. The zero-order chi connectivity index (χ0) is 12.6. The van der Waals surface area contributed by atoms with Crippen molar-refractivity contribution in [2.45, 2.75) is 25.9 Å². The van der Waals surface area contributed by atoms with Crippen LogP contribution >= 0.6 is 0 Å². The Balaban J connectivity index is 0.000001000. The van der Waals surface area contributed by atoms with Crippen LogP contribution in [-0.4, -0.2) is 5.20 Å². The summed E-state index contributed by atoms with van der Waals surface area (Å²) in [5, 5.41) is 0.684. The molecule has 0 heterocycles. The third-order valence-corrected chi connectivity index (χ3v) is 16.9. The van der Waals surface area contributed by atoms with Gasteiger partial charge in [0.25, 0.3) is 0 Å². The fourth-order valence-electron chi connectivity index (χ4n) is 2.70. The molecule has 0 spiro atoms. The van der Waals surface area contributed by atoms with Gasteiger partial charge in [0.2, 0.25) is 0 Å². The molecular weight excluding hydrogens is 382 g/mol. The minimum absolute atomic E-state index is 0. The Bertz CT molecular complexity index is 574. The summed E-state index contributed by atoms with van der Waals surface area (Å²) in [6.07, 6.45) is 11.9. The van der Waals surface area contributed by atoms with E-state index in [4.69, 9.17) is 0 Å². The van der Waals surface area contributed by atoms with Gasteiger partial charge in [-0.2, -0.15) is 0 Å². The predicted octanol–water partition coefficient (Wildman–Crippen LogP) is -1.70. The van der Waals surface area contributed by atoms with Crippen molar-refractivity contribution in [3.63, 3.8) is 0 Å². The molecule has 20 heavy (non-hydrogen) atoms. The molecule has 4 heteroatoms. The van der Waals surface area contributed by atoms with Gasteiger partial charge in [-0.25, -0.2) is 0 Å². The molecule has 0 fully saturated rings. The van der Waals surface area contributed by atoms with Gasteiger partial charge in [0.05, 0.1) is 0 Å². The standard InChI is InChI=1S/C11H13Si.C5H5.2ClH.Zr/c1-12(2)11-7-9-5-3-4-6-10(9)8-11;1-2-4-5-3-1;;;/h3-7H,8H2,1-2H3;1-3H,4H2;2*1H;/q;;;;+2/p-2. The Morgan fingerprint density at radius 1 is 1.10 bits per heavy atom. The van der Waals surface area contributed by atoms with E-state index >= 15 is 0 Å². The van der Waals surface area contributed by atoms with Crippen LogP contribution in [0.25, 0.3) is 6.08 Å². The summed E-state index contributed by atoms with van der Waals surface area (Å²) < 4.78 is 1.80. The van der Waals surface area contributed by atoms with Gasteiger partial charge < -0.3 is 24.8 Å². The van der Waals surface area contributed by atoms with Crippen LogP contribution in [0.3, 0.4) is 0 Å². The van der Waals surface area contributed by atoms with Crippen LogP contribution in [0.2, 0.25) is 13.1 Å². The largest absolute Gasteiger partial charge is 1.00 e. The normalized spacial score (nSPS) is 15.5. The van der Waals surface area contributed by atoms with Crippen LogP contribution in [0, 0.1) is 0 Å². The molecular formula is C16H18Cl2SiZr. The van der Waals surface area contributed by atoms with Crippen molar-refractivity contribution < 1.29 is 47.2 Å². The Morgan fingerprint density at radius 3 is 2.50 bits per heavy atom. The molecule has 2 aliphatic carbocycles. The Morgan fingerprint density at radius 2 is 1.85 bits per heavy atom. The van der Waals surface area contributed by atoms with E-state index in [1.54, 1.807) is 14.0 Å². The quantitative estimate of drug-likeness (QED) is 0.531. The number of fused-ring (bicyclic) bond motifs is 1. The molecule has 0 saturated carbocycles. The number of allylic oxidation sites excluding steroid dienone is 5. The van der Waals surface area contributed by atoms with E-state index in [1.807, 2.05) is 0 Å². The van der Waals surface area contributed by atoms with Crippen molar-refractivity contribution >= 4 is 11.3 Å². The molecule has 1 aromatic rings. The van der Waals surface area contributed by atoms with Crippen LogP contribution in [0.5, 0.6) is 0 Å². The topological polar surface area (TPSA) is 0 Å². The van der Waals surface area contributed by atoms with E-state index < -0.39 is 5.20 Å². The van der Waals surface area contributed by atoms with Crippen molar-refractivity contribution in [2.75, 3.05) is 0 Å². The first-order valence-corrected chi connectivity index (χ1v) is 14.5. The molecule has 0 atom stereocenters. The van der Waals surface area contributed by atoms with E-state index in [2.05, 4.69) is 61.7 Å². The number of benzene rings is 1. The van der Waals surface area contributed by atoms with Gasteiger partial charge in [0.1, 0.15) is 0 Å². The van der Waals surface area contributed by atoms with E-state index in [1.165, 1.54) is 18.4 Å². The number of hydrogen-bond donors (Lipinski definition) is 0. The molecule has 0 unspecified atom stereocenters. The van der Waals surface area contributed by atoms with Crippen LogP contribution in [-0.2, 0) is 28.8 Å². The molecule has 0 radical (unpaired) electrons. The second-order valence-corrected chi connectivity index (χ2v) is 22.4. The second-order valence-electron chi connectivity index (χ2n) is 5.62. The average Bonchev–Trinajstić information content (AvgIpc) is 2.96. The Kier molecular flexibility index (Phi) is 6.73. The van der Waals surface area contributed by atoms with Gasteiger partial charge >= 0.3 is 122 Å². The van der Waals surface area contributed by atoms with E-state index in [-0.39, 0.29) is 47.2 Å². The first kappa shape index (κ1) is 18.2. The third kappa shape index (κ3) is 3.85. The fraction of sp³-hybridized carbons (Fsp3) is 0.250. The van der Waals surface area contributed by atoms with Gasteiger partial charge in [-0.3, -0.25) is 0 Å². The summed E-state index contributed by atoms with van der Waals surface area (Å²) in [5.41, 5.74) is 3.02. The predicted molar refractivity (Wildman–Crippen MR) is 77.4 cm³/mol. The van der Waals surface area contributed by atoms with E-state index in [0.29, 0.717) is 0 Å². The Hall–Kier alpha value is 0.120. The van der Waals surface area contributed by atoms with Crippen molar-refractivity contribution in [2.24, 2.45) is 0 Å². The summed E-state index contributed by atoms with van der Waals surface area (Å²) in [6.45, 7) is 5.19. The van der Waals surface area contributed by atoms with Gasteiger partial charge in [-0.05, 0) is 0 Å². The SMILES string of the molecule is C[Si](C)([Zr+2][C]1=CC=CC1)C1=Cc2ccccc2C1.[Cl-].[Cl-]. The third-order valence-electron chi connectivity index (χ3n) is 3.81. The molecule has 0 aromatic heterocycles. The van der Waals surface area contributed by atoms with Crippen molar-refractivity contribution in [3.8, 4) is 0 Å². The van der Waals surface area contributed by atoms with Crippen LogP contribution in [0.1, 0.15) is 17.5 Å². The summed E-state index contributed by atoms with van der Waals surface area (Å²) >= 11 is -0.368. The van der Waals surface area contributed by atoms with E-state index in [9.17, 15) is 0 Å². The fourth-order valence-corrected chi connectivity index (χ4v) is 15.2. The number of halogens is 2. The summed E-state index contributed by atoms with van der Waals surface area (Å²) in [7, 11) is 0. The number of hydrogen-bond acceptors (Lipinski definition) is 0. The number of rotatable bonds is 3. The molecule has 0 N–H and O–H groups in total. The van der Waals surface area contributed by atoms with Gasteiger partial charge in [0.15, 0.2) is 0 Å². The van der Waals surface area contributed by atoms with Gasteiger partial charge in [-0.1, -0.05) is 0 Å². The van der Waals surface area contributed by atoms with Crippen LogP contribution in [0.15, 0.2) is 51.0 Å². The maximum Gasteiger partial charge on any atom is -1.00 e. The molecule has 3 rings (SSSR count). The maximum atomic E-state index is 2.59. The monoisotopic (exact) mass is 398 g/mol. The molecule has 104 valence electrons. The maximum absolute atomic E-state index is 2.59. The summed E-state index contributed by atoms with van der Waals surface area (Å²) in [6, 6.07) is 8.91. The molecule has 0 bridgehead atoms. The summed E-state index contributed by atoms with van der Waals surface area (Å²) in [4.78, 5) is 0. The second kappa shape index (κ2) is 7.40. The molecule has 0 aliphatic heterocycles. The first-order valence-electron chi connectivity index (χ1n) is 6.58. The zero-order valence-corrected chi connectivity index (χ0v) is 16.8. The van der Waals surface area contributed by atoms with Crippen molar-refractivity contribution in [1.29, 1.82) is 0 Å². The zero-order valence-electron chi connectivity index (χ0n) is 11.8. The first-order chi connectivity index (χ1) is 8.65. The van der Waals surface area contributed by atoms with Crippen LogP contribution in [0.4, 0.5) is 0 Å². The van der Waals surface area contributed by atoms with Crippen molar-refractivity contribution in [1.82, 2.24) is 0 Å². The molecule has 2 aliphatic rings. The molecule has 0 saturated heterocycles. The van der Waals surface area contributed by atoms with E-state index in [0.717, 1.165) is 0 Å². The summed E-state index contributed by atoms with van der Waals surface area (Å²) in [5.74, 6) is 0. The average molecular weight is 401 g/mol. The minimum atomic E-state index is -1.11. The minimum Gasteiger partial charge on any atom is -1.00 e. The van der Waals surface area contributed by atoms with Crippen LogP contribution < -0.4 is 24.8 Å². The van der Waals surface area contributed by atoms with Crippen molar-refractivity contribution in [3.05, 3.63) is 62.1 Å². The van der Waals surface area contributed by atoms with Gasteiger partial charge in [0, 0.05) is 0 Å². The smallest absolute Gasteiger partial charge is 1.00 e. The Labute approximate surface area is 145 Å². The van der Waals surface area contributed by atoms with Gasteiger partial charge in [-0.15, -0.1) is 0 Å². The molecule has 0 amide bonds.